The van der Waals surface area contributed by atoms with E-state index in [-0.39, 0.29) is 0 Å². The van der Waals surface area contributed by atoms with Crippen LogP contribution in [-0.4, -0.2) is 24.8 Å². The molecule has 0 aromatic rings. The van der Waals surface area contributed by atoms with Crippen LogP contribution < -0.4 is 0 Å². The minimum Gasteiger partial charge on any atom is -0.381 e. The highest BCUT2D eigenvalue weighted by atomic mass is 16.1. The second kappa shape index (κ2) is 10.2. The normalized spacial score (nSPS) is 6.56. The van der Waals surface area contributed by atoms with Gasteiger partial charge in [-0.2, -0.15) is 0 Å². The Bertz CT molecular complexity index is 71.3. The molecule has 0 aliphatic heterocycles. The standard InChI is InChI=1S/C5H11N.C2H4O/c1-4-6(3)5-2;1-2-3/h4H,1,5H2,2-3H3;2H,1H3. The number of hydrogen-bond donors (Lipinski definition) is 0. The fourth-order valence-corrected chi connectivity index (χ4v) is 0.129. The van der Waals surface area contributed by atoms with E-state index in [1.807, 2.05) is 11.9 Å². The summed E-state index contributed by atoms with van der Waals surface area (Å²) in [6.07, 6.45) is 2.56. The highest BCUT2D eigenvalue weighted by Gasteiger charge is 1.74. The van der Waals surface area contributed by atoms with Gasteiger partial charge in [-0.25, -0.2) is 0 Å². The van der Waals surface area contributed by atoms with Gasteiger partial charge in [0.2, 0.25) is 0 Å². The Morgan fingerprint density at radius 1 is 1.67 bits per heavy atom. The van der Waals surface area contributed by atoms with Gasteiger partial charge in [0.15, 0.2) is 0 Å². The van der Waals surface area contributed by atoms with Crippen LogP contribution in [0.3, 0.4) is 0 Å². The first-order chi connectivity index (χ1) is 4.22. The molecule has 2 heteroatoms. The lowest BCUT2D eigenvalue weighted by molar-refractivity contribution is -0.106. The van der Waals surface area contributed by atoms with Crippen LogP contribution in [-0.2, 0) is 4.79 Å². The van der Waals surface area contributed by atoms with Crippen molar-refractivity contribution < 1.29 is 4.79 Å². The van der Waals surface area contributed by atoms with Crippen molar-refractivity contribution in [2.45, 2.75) is 13.8 Å². The first-order valence-corrected chi connectivity index (χ1v) is 2.95. The quantitative estimate of drug-likeness (QED) is 0.523. The topological polar surface area (TPSA) is 20.3 Å². The number of carbonyl (C=O) groups excluding carboxylic acids is 1. The zero-order valence-electron chi connectivity index (χ0n) is 6.42. The summed E-state index contributed by atoms with van der Waals surface area (Å²) >= 11 is 0. The van der Waals surface area contributed by atoms with Crippen molar-refractivity contribution in [2.24, 2.45) is 0 Å². The second-order valence-corrected chi connectivity index (χ2v) is 1.49. The van der Waals surface area contributed by atoms with E-state index in [2.05, 4.69) is 13.5 Å². The van der Waals surface area contributed by atoms with E-state index in [1.54, 1.807) is 6.20 Å². The van der Waals surface area contributed by atoms with Crippen LogP contribution in [0, 0.1) is 0 Å². The van der Waals surface area contributed by atoms with Crippen LogP contribution >= 0.6 is 0 Å². The van der Waals surface area contributed by atoms with E-state index < -0.39 is 0 Å². The maximum Gasteiger partial charge on any atom is 0.116 e. The molecule has 54 valence electrons. The summed E-state index contributed by atoms with van der Waals surface area (Å²) in [4.78, 5) is 10.8. The molecule has 0 aromatic carbocycles. The number of carbonyl (C=O) groups is 1. The van der Waals surface area contributed by atoms with Crippen LogP contribution in [0.4, 0.5) is 0 Å². The maximum absolute atomic E-state index is 8.81. The Balaban J connectivity index is 0. The number of aldehydes is 1. The van der Waals surface area contributed by atoms with E-state index in [0.717, 1.165) is 12.8 Å². The van der Waals surface area contributed by atoms with Crippen molar-refractivity contribution in [3.63, 3.8) is 0 Å². The smallest absolute Gasteiger partial charge is 0.116 e. The molecular weight excluding hydrogens is 114 g/mol. The van der Waals surface area contributed by atoms with Gasteiger partial charge in [0.1, 0.15) is 6.29 Å². The summed E-state index contributed by atoms with van der Waals surface area (Å²) in [5, 5.41) is 0. The van der Waals surface area contributed by atoms with Crippen molar-refractivity contribution in [1.29, 1.82) is 0 Å². The number of nitrogens with zero attached hydrogens (tertiary/aromatic N) is 1. The average Bonchev–Trinajstić information content (AvgIpc) is 1.88. The summed E-state index contributed by atoms with van der Waals surface area (Å²) in [7, 11) is 1.99. The predicted octanol–water partition coefficient (Wildman–Crippen LogP) is 1.29. The van der Waals surface area contributed by atoms with Crippen LogP contribution in [0.15, 0.2) is 12.8 Å². The third-order valence-electron chi connectivity index (χ3n) is 0.810. The second-order valence-electron chi connectivity index (χ2n) is 1.49. The van der Waals surface area contributed by atoms with Crippen LogP contribution in [0.1, 0.15) is 13.8 Å². The SMILES string of the molecule is C=CN(C)CC.CC=O. The molecule has 0 aliphatic rings. The molecule has 0 aromatic heterocycles. The fraction of sp³-hybridized carbons (Fsp3) is 0.571. The van der Waals surface area contributed by atoms with Gasteiger partial charge in [-0.05, 0) is 20.0 Å². The van der Waals surface area contributed by atoms with Crippen LogP contribution in [0.5, 0.6) is 0 Å². The van der Waals surface area contributed by atoms with Crippen molar-refractivity contribution in [2.75, 3.05) is 13.6 Å². The zero-order valence-corrected chi connectivity index (χ0v) is 6.42. The lowest BCUT2D eigenvalue weighted by Crippen LogP contribution is -2.06. The van der Waals surface area contributed by atoms with Crippen molar-refractivity contribution in [3.05, 3.63) is 12.8 Å². The van der Waals surface area contributed by atoms with Gasteiger partial charge in [0.25, 0.3) is 0 Å². The molecule has 0 unspecified atom stereocenters. The molecule has 9 heavy (non-hydrogen) atoms. The van der Waals surface area contributed by atoms with Gasteiger partial charge < -0.3 is 9.69 Å². The summed E-state index contributed by atoms with van der Waals surface area (Å²) in [5.41, 5.74) is 0. The average molecular weight is 129 g/mol. The molecule has 0 rings (SSSR count). The lowest BCUT2D eigenvalue weighted by Gasteiger charge is -2.06. The zero-order chi connectivity index (χ0) is 7.70. The van der Waals surface area contributed by atoms with Crippen molar-refractivity contribution >= 4 is 6.29 Å². The maximum atomic E-state index is 8.81. The predicted molar refractivity (Wildman–Crippen MR) is 40.2 cm³/mol. The monoisotopic (exact) mass is 129 g/mol. The van der Waals surface area contributed by atoms with Gasteiger partial charge in [0.05, 0.1) is 0 Å². The molecular formula is C7H15NO. The van der Waals surface area contributed by atoms with E-state index >= 15 is 0 Å². The molecule has 0 fully saturated rings. The fourth-order valence-electron chi connectivity index (χ4n) is 0.129. The summed E-state index contributed by atoms with van der Waals surface area (Å²) in [6, 6.07) is 0. The molecule has 0 saturated heterocycles. The molecule has 2 nitrogen and oxygen atoms in total. The molecule has 0 atom stereocenters. The third kappa shape index (κ3) is 19.0. The van der Waals surface area contributed by atoms with E-state index in [0.29, 0.717) is 0 Å². The highest BCUT2D eigenvalue weighted by Crippen LogP contribution is 1.74. The Morgan fingerprint density at radius 2 is 2.00 bits per heavy atom. The molecule has 0 amide bonds. The molecule has 0 radical (unpaired) electrons. The lowest BCUT2D eigenvalue weighted by atomic mass is 10.7. The van der Waals surface area contributed by atoms with E-state index in [9.17, 15) is 0 Å². The number of rotatable bonds is 2. The Morgan fingerprint density at radius 3 is 2.00 bits per heavy atom. The first kappa shape index (κ1) is 11.1. The minimum absolute atomic E-state index is 0.750. The van der Waals surface area contributed by atoms with Gasteiger partial charge in [-0.1, -0.05) is 6.58 Å². The van der Waals surface area contributed by atoms with Gasteiger partial charge >= 0.3 is 0 Å². The van der Waals surface area contributed by atoms with Crippen LogP contribution in [0.25, 0.3) is 0 Å². The van der Waals surface area contributed by atoms with Crippen molar-refractivity contribution in [1.82, 2.24) is 4.90 Å². The largest absolute Gasteiger partial charge is 0.381 e. The Hall–Kier alpha value is -0.790. The summed E-state index contributed by atoms with van der Waals surface area (Å²) < 4.78 is 0. The summed E-state index contributed by atoms with van der Waals surface area (Å²) in [5.74, 6) is 0. The number of hydrogen-bond acceptors (Lipinski definition) is 2. The minimum atomic E-state index is 0.750. The molecule has 0 bridgehead atoms. The van der Waals surface area contributed by atoms with E-state index in [1.165, 1.54) is 6.92 Å². The van der Waals surface area contributed by atoms with Gasteiger partial charge in [0, 0.05) is 13.6 Å². The third-order valence-corrected chi connectivity index (χ3v) is 0.810. The molecule has 0 heterocycles. The molecule has 0 saturated carbocycles. The molecule has 0 N–H and O–H groups in total. The molecule has 0 spiro atoms. The van der Waals surface area contributed by atoms with E-state index in [4.69, 9.17) is 4.79 Å². The Labute approximate surface area is 57.2 Å². The highest BCUT2D eigenvalue weighted by molar-refractivity contribution is 5.44. The molecule has 0 aliphatic carbocycles. The van der Waals surface area contributed by atoms with Gasteiger partial charge in [-0.3, -0.25) is 0 Å². The Kier molecular flexibility index (Phi) is 12.6. The van der Waals surface area contributed by atoms with Crippen molar-refractivity contribution in [3.8, 4) is 0 Å². The first-order valence-electron chi connectivity index (χ1n) is 2.95. The van der Waals surface area contributed by atoms with Gasteiger partial charge in [-0.15, -0.1) is 0 Å². The summed E-state index contributed by atoms with van der Waals surface area (Å²) in [6.45, 7) is 8.13. The van der Waals surface area contributed by atoms with Crippen LogP contribution in [0.2, 0.25) is 0 Å².